The van der Waals surface area contributed by atoms with Gasteiger partial charge < -0.3 is 0 Å². The Hall–Kier alpha value is -2.38. The van der Waals surface area contributed by atoms with Crippen LogP contribution in [0, 0.1) is 21.4 Å². The van der Waals surface area contributed by atoms with Crippen molar-refractivity contribution in [2.75, 3.05) is 0 Å². The maximum atomic E-state index is 10.8. The molecule has 2 aromatic carbocycles. The summed E-state index contributed by atoms with van der Waals surface area (Å²) in [5.41, 5.74) is 0.421. The van der Waals surface area contributed by atoms with E-state index in [1.165, 1.54) is 12.1 Å². The average Bonchev–Trinajstić information content (AvgIpc) is 2.51. The molecule has 21 heavy (non-hydrogen) atoms. The smallest absolute Gasteiger partial charge is 0.258 e. The Bertz CT molecular complexity index is 710. The molecular formula is C16H13ClN2O2. The summed E-state index contributed by atoms with van der Waals surface area (Å²) in [6, 6.07) is 15.9. The molecule has 0 saturated carbocycles. The lowest BCUT2D eigenvalue weighted by Crippen LogP contribution is -2.25. The number of halogens is 1. The van der Waals surface area contributed by atoms with E-state index in [0.29, 0.717) is 12.0 Å². The fraction of sp³-hybridized carbons (Fsp3) is 0.188. The molecule has 0 aliphatic heterocycles. The highest BCUT2D eigenvalue weighted by Crippen LogP contribution is 2.39. The number of nitrogens with zero attached hydrogens (tertiary/aromatic N) is 2. The summed E-state index contributed by atoms with van der Waals surface area (Å²) in [6.07, 6.45) is 0.519. The minimum Gasteiger partial charge on any atom is -0.258 e. The van der Waals surface area contributed by atoms with Gasteiger partial charge in [0.2, 0.25) is 0 Å². The summed E-state index contributed by atoms with van der Waals surface area (Å²) < 4.78 is 0. The van der Waals surface area contributed by atoms with E-state index in [1.54, 1.807) is 6.07 Å². The third kappa shape index (κ3) is 2.61. The van der Waals surface area contributed by atoms with Crippen molar-refractivity contribution in [1.82, 2.24) is 0 Å². The van der Waals surface area contributed by atoms with Gasteiger partial charge in [0.05, 0.1) is 16.0 Å². The number of nitro benzene ring substituents is 1. The van der Waals surface area contributed by atoms with Crippen molar-refractivity contribution in [2.24, 2.45) is 0 Å². The Morgan fingerprint density at radius 2 is 1.95 bits per heavy atom. The van der Waals surface area contributed by atoms with Gasteiger partial charge >= 0.3 is 0 Å². The van der Waals surface area contributed by atoms with Crippen molar-refractivity contribution < 1.29 is 4.92 Å². The number of hydrogen-bond donors (Lipinski definition) is 0. The average molecular weight is 301 g/mol. The van der Waals surface area contributed by atoms with Crippen LogP contribution in [0.4, 0.5) is 5.69 Å². The van der Waals surface area contributed by atoms with Crippen LogP contribution in [0.1, 0.15) is 24.5 Å². The summed E-state index contributed by atoms with van der Waals surface area (Å²) in [5, 5.41) is 20.8. The molecule has 1 unspecified atom stereocenters. The van der Waals surface area contributed by atoms with Crippen molar-refractivity contribution in [1.29, 1.82) is 5.26 Å². The molecule has 0 heterocycles. The fourth-order valence-electron chi connectivity index (χ4n) is 2.44. The van der Waals surface area contributed by atoms with Crippen LogP contribution in [0.25, 0.3) is 0 Å². The van der Waals surface area contributed by atoms with E-state index < -0.39 is 10.3 Å². The van der Waals surface area contributed by atoms with E-state index in [9.17, 15) is 15.4 Å². The monoisotopic (exact) mass is 300 g/mol. The summed E-state index contributed by atoms with van der Waals surface area (Å²) in [4.78, 5) is 10.3. The highest BCUT2D eigenvalue weighted by atomic mass is 35.5. The maximum Gasteiger partial charge on any atom is 0.270 e. The van der Waals surface area contributed by atoms with Gasteiger partial charge in [0.1, 0.15) is 5.41 Å². The standard InChI is InChI=1S/C16H13ClN2O2/c1-2-16(11-18,12-6-4-3-5-7-12)14-9-8-13(19(20)21)10-15(14)17/h3-10H,2H2,1H3. The zero-order chi connectivity index (χ0) is 15.5. The van der Waals surface area contributed by atoms with Crippen LogP contribution in [-0.4, -0.2) is 4.92 Å². The lowest BCUT2D eigenvalue weighted by Gasteiger charge is -2.27. The van der Waals surface area contributed by atoms with E-state index in [2.05, 4.69) is 6.07 Å². The van der Waals surface area contributed by atoms with Gasteiger partial charge in [0.15, 0.2) is 0 Å². The first-order valence-corrected chi connectivity index (χ1v) is 6.84. The molecule has 2 aromatic rings. The van der Waals surface area contributed by atoms with Gasteiger partial charge in [0, 0.05) is 12.1 Å². The Kier molecular flexibility index (Phi) is 4.25. The normalized spacial score (nSPS) is 13.2. The second kappa shape index (κ2) is 5.94. The van der Waals surface area contributed by atoms with Crippen LogP contribution in [0.3, 0.4) is 0 Å². The van der Waals surface area contributed by atoms with Gasteiger partial charge in [-0.05, 0) is 23.6 Å². The highest BCUT2D eigenvalue weighted by Gasteiger charge is 2.35. The summed E-state index contributed by atoms with van der Waals surface area (Å²) in [7, 11) is 0. The molecule has 0 saturated heterocycles. The number of non-ortho nitro benzene ring substituents is 1. The Balaban J connectivity index is 2.65. The Morgan fingerprint density at radius 3 is 2.43 bits per heavy atom. The van der Waals surface area contributed by atoms with Gasteiger partial charge in [0.25, 0.3) is 5.69 Å². The van der Waals surface area contributed by atoms with Crippen molar-refractivity contribution in [3.63, 3.8) is 0 Å². The lowest BCUT2D eigenvalue weighted by molar-refractivity contribution is -0.384. The van der Waals surface area contributed by atoms with Crippen molar-refractivity contribution in [2.45, 2.75) is 18.8 Å². The molecule has 0 spiro atoms. The second-order valence-corrected chi connectivity index (χ2v) is 5.07. The number of benzene rings is 2. The summed E-state index contributed by atoms with van der Waals surface area (Å²) in [6.45, 7) is 1.90. The third-order valence-corrected chi connectivity index (χ3v) is 3.92. The third-order valence-electron chi connectivity index (χ3n) is 3.61. The number of hydrogen-bond acceptors (Lipinski definition) is 3. The van der Waals surface area contributed by atoms with Crippen molar-refractivity contribution >= 4 is 17.3 Å². The molecule has 0 aliphatic carbocycles. The highest BCUT2D eigenvalue weighted by molar-refractivity contribution is 6.31. The molecule has 1 atom stereocenters. The topological polar surface area (TPSA) is 66.9 Å². The first kappa shape index (κ1) is 15.0. The van der Waals surface area contributed by atoms with Crippen molar-refractivity contribution in [3.05, 3.63) is 74.8 Å². The van der Waals surface area contributed by atoms with Crippen LogP contribution in [0.2, 0.25) is 5.02 Å². The van der Waals surface area contributed by atoms with Crippen LogP contribution >= 0.6 is 11.6 Å². The number of rotatable bonds is 4. The molecule has 0 aromatic heterocycles. The second-order valence-electron chi connectivity index (χ2n) is 4.66. The first-order chi connectivity index (χ1) is 10.0. The minimum atomic E-state index is -0.909. The first-order valence-electron chi connectivity index (χ1n) is 6.46. The van der Waals surface area contributed by atoms with E-state index >= 15 is 0 Å². The molecule has 4 nitrogen and oxygen atoms in total. The van der Waals surface area contributed by atoms with Crippen molar-refractivity contribution in [3.8, 4) is 6.07 Å². The molecule has 0 N–H and O–H groups in total. The Morgan fingerprint density at radius 1 is 1.29 bits per heavy atom. The van der Waals surface area contributed by atoms with Crippen LogP contribution in [0.15, 0.2) is 48.5 Å². The quantitative estimate of drug-likeness (QED) is 0.618. The largest absolute Gasteiger partial charge is 0.270 e. The molecule has 0 radical (unpaired) electrons. The summed E-state index contributed by atoms with van der Waals surface area (Å²) >= 11 is 6.21. The zero-order valence-electron chi connectivity index (χ0n) is 11.4. The van der Waals surface area contributed by atoms with E-state index in [4.69, 9.17) is 11.6 Å². The molecule has 0 amide bonds. The van der Waals surface area contributed by atoms with E-state index in [0.717, 1.165) is 5.56 Å². The van der Waals surface area contributed by atoms with E-state index in [1.807, 2.05) is 37.3 Å². The van der Waals surface area contributed by atoms with Gasteiger partial charge in [-0.1, -0.05) is 48.9 Å². The molecular weight excluding hydrogens is 288 g/mol. The predicted molar refractivity (Wildman–Crippen MR) is 81.2 cm³/mol. The lowest BCUT2D eigenvalue weighted by atomic mass is 9.73. The fourth-order valence-corrected chi connectivity index (χ4v) is 2.78. The van der Waals surface area contributed by atoms with Gasteiger partial charge in [-0.3, -0.25) is 10.1 Å². The minimum absolute atomic E-state index is 0.0836. The van der Waals surface area contributed by atoms with Gasteiger partial charge in [-0.25, -0.2) is 0 Å². The summed E-state index contributed by atoms with van der Waals surface area (Å²) in [5.74, 6) is 0. The molecule has 2 rings (SSSR count). The van der Waals surface area contributed by atoms with E-state index in [-0.39, 0.29) is 10.7 Å². The maximum absolute atomic E-state index is 10.8. The molecule has 0 fully saturated rings. The predicted octanol–water partition coefficient (Wildman–Crippen LogP) is 4.47. The molecule has 106 valence electrons. The van der Waals surface area contributed by atoms with Crippen LogP contribution in [-0.2, 0) is 5.41 Å². The SMILES string of the molecule is CCC(C#N)(c1ccccc1)c1ccc([N+](=O)[O-])cc1Cl. The number of nitriles is 1. The molecule has 0 bridgehead atoms. The van der Waals surface area contributed by atoms with Gasteiger partial charge in [-0.15, -0.1) is 0 Å². The zero-order valence-corrected chi connectivity index (χ0v) is 12.2. The molecule has 5 heteroatoms. The molecule has 0 aliphatic rings. The number of nitro groups is 1. The van der Waals surface area contributed by atoms with Gasteiger partial charge in [-0.2, -0.15) is 5.26 Å². The van der Waals surface area contributed by atoms with Crippen LogP contribution < -0.4 is 0 Å². The Labute approximate surface area is 127 Å². The van der Waals surface area contributed by atoms with Crippen LogP contribution in [0.5, 0.6) is 0 Å².